The van der Waals surface area contributed by atoms with Gasteiger partial charge in [0.25, 0.3) is 0 Å². The molecule has 0 amide bonds. The number of aromatic nitrogens is 2. The molecule has 0 aliphatic rings. The van der Waals surface area contributed by atoms with Crippen LogP contribution in [0, 0.1) is 0 Å². The van der Waals surface area contributed by atoms with E-state index in [0.29, 0.717) is 13.0 Å². The Morgan fingerprint density at radius 1 is 0.897 bits per heavy atom. The molecule has 29 heavy (non-hydrogen) atoms. The predicted octanol–water partition coefficient (Wildman–Crippen LogP) is 3.87. The van der Waals surface area contributed by atoms with Gasteiger partial charge in [-0.25, -0.2) is 9.97 Å². The van der Waals surface area contributed by atoms with E-state index in [4.69, 9.17) is 4.74 Å². The molecule has 3 aromatic rings. The lowest BCUT2D eigenvalue weighted by Gasteiger charge is -2.26. The highest BCUT2D eigenvalue weighted by atomic mass is 16.5. The van der Waals surface area contributed by atoms with Gasteiger partial charge in [0.15, 0.2) is 0 Å². The number of aliphatic hydroxyl groups is 1. The molecule has 5 nitrogen and oxygen atoms in total. The number of hydrogen-bond acceptors (Lipinski definition) is 5. The fourth-order valence-corrected chi connectivity index (χ4v) is 3.19. The molecule has 0 spiro atoms. The number of nitrogens with zero attached hydrogens (tertiary/aromatic N) is 3. The Labute approximate surface area is 173 Å². The zero-order valence-corrected chi connectivity index (χ0v) is 16.9. The Kier molecular flexibility index (Phi) is 8.16. The molecule has 0 bridgehead atoms. The third kappa shape index (κ3) is 6.97. The number of likely N-dealkylation sites (N-methyl/N-ethyl adjacent to an activating group) is 1. The fourth-order valence-electron chi connectivity index (χ4n) is 3.19. The summed E-state index contributed by atoms with van der Waals surface area (Å²) in [7, 11) is 0. The molecule has 0 fully saturated rings. The minimum atomic E-state index is -0.474. The summed E-state index contributed by atoms with van der Waals surface area (Å²) >= 11 is 0. The van der Waals surface area contributed by atoms with Gasteiger partial charge < -0.3 is 9.84 Å². The fraction of sp³-hybridized carbons (Fsp3) is 0.333. The van der Waals surface area contributed by atoms with E-state index in [9.17, 15) is 5.11 Å². The molecular formula is C24H29N3O2. The Bertz CT molecular complexity index is 826. The Hall–Kier alpha value is -2.76. The SMILES string of the molecule is CCN(CCc1ncccn1)C(O)CCc1ccc(OCc2ccccc2)cc1. The van der Waals surface area contributed by atoms with E-state index in [0.717, 1.165) is 43.1 Å². The molecule has 1 atom stereocenters. The lowest BCUT2D eigenvalue weighted by atomic mass is 10.1. The Morgan fingerprint density at radius 2 is 1.62 bits per heavy atom. The quantitative estimate of drug-likeness (QED) is 0.503. The van der Waals surface area contributed by atoms with Crippen molar-refractivity contribution < 1.29 is 9.84 Å². The minimum absolute atomic E-state index is 0.474. The van der Waals surface area contributed by atoms with Crippen LogP contribution in [0.3, 0.4) is 0 Å². The van der Waals surface area contributed by atoms with Crippen LogP contribution in [0.2, 0.25) is 0 Å². The zero-order valence-electron chi connectivity index (χ0n) is 16.9. The van der Waals surface area contributed by atoms with Crippen molar-refractivity contribution in [2.24, 2.45) is 0 Å². The lowest BCUT2D eigenvalue weighted by Crippen LogP contribution is -2.37. The number of aryl methyl sites for hydroxylation is 1. The monoisotopic (exact) mass is 391 g/mol. The summed E-state index contributed by atoms with van der Waals surface area (Å²) in [5, 5.41) is 10.6. The van der Waals surface area contributed by atoms with Crippen LogP contribution in [0.4, 0.5) is 0 Å². The molecule has 0 saturated heterocycles. The van der Waals surface area contributed by atoms with Crippen LogP contribution < -0.4 is 4.74 Å². The first-order valence-electron chi connectivity index (χ1n) is 10.2. The van der Waals surface area contributed by atoms with Crippen LogP contribution in [0.1, 0.15) is 30.3 Å². The van der Waals surface area contributed by atoms with Crippen LogP contribution in [0.25, 0.3) is 0 Å². The molecule has 0 radical (unpaired) electrons. The van der Waals surface area contributed by atoms with E-state index in [1.165, 1.54) is 5.56 Å². The van der Waals surface area contributed by atoms with E-state index >= 15 is 0 Å². The second-order valence-corrected chi connectivity index (χ2v) is 6.98. The van der Waals surface area contributed by atoms with Crippen molar-refractivity contribution in [3.63, 3.8) is 0 Å². The maximum atomic E-state index is 10.6. The first-order chi connectivity index (χ1) is 14.2. The molecule has 1 aromatic heterocycles. The molecule has 5 heteroatoms. The van der Waals surface area contributed by atoms with Gasteiger partial charge in [-0.2, -0.15) is 0 Å². The van der Waals surface area contributed by atoms with Crippen molar-refractivity contribution >= 4 is 0 Å². The molecule has 152 valence electrons. The van der Waals surface area contributed by atoms with Gasteiger partial charge in [0, 0.05) is 25.4 Å². The molecule has 1 N–H and O–H groups in total. The number of aliphatic hydroxyl groups excluding tert-OH is 1. The summed E-state index contributed by atoms with van der Waals surface area (Å²) in [5.74, 6) is 1.67. The first kappa shape index (κ1) is 21.0. The van der Waals surface area contributed by atoms with Crippen LogP contribution in [-0.4, -0.2) is 39.3 Å². The zero-order chi connectivity index (χ0) is 20.3. The topological polar surface area (TPSA) is 58.5 Å². The third-order valence-corrected chi connectivity index (χ3v) is 4.93. The van der Waals surface area contributed by atoms with E-state index < -0.39 is 6.23 Å². The number of benzene rings is 2. The summed E-state index contributed by atoms with van der Waals surface area (Å²) in [6.07, 6.45) is 5.27. The molecular weight excluding hydrogens is 362 g/mol. The summed E-state index contributed by atoms with van der Waals surface area (Å²) < 4.78 is 5.83. The van der Waals surface area contributed by atoms with E-state index in [1.807, 2.05) is 36.4 Å². The van der Waals surface area contributed by atoms with Crippen molar-refractivity contribution in [3.05, 3.63) is 90.0 Å². The van der Waals surface area contributed by atoms with Gasteiger partial charge in [-0.1, -0.05) is 49.4 Å². The highest BCUT2D eigenvalue weighted by Gasteiger charge is 2.14. The Balaban J connectivity index is 1.43. The first-order valence-corrected chi connectivity index (χ1v) is 10.2. The van der Waals surface area contributed by atoms with Gasteiger partial charge >= 0.3 is 0 Å². The lowest BCUT2D eigenvalue weighted by molar-refractivity contribution is 0.00176. The van der Waals surface area contributed by atoms with Crippen molar-refractivity contribution in [2.45, 2.75) is 39.0 Å². The molecule has 0 aliphatic heterocycles. The maximum absolute atomic E-state index is 10.6. The van der Waals surface area contributed by atoms with Gasteiger partial charge in [0.1, 0.15) is 24.4 Å². The van der Waals surface area contributed by atoms with E-state index in [1.54, 1.807) is 12.4 Å². The van der Waals surface area contributed by atoms with Gasteiger partial charge in [-0.05, 0) is 48.7 Å². The normalized spacial score (nSPS) is 12.1. The maximum Gasteiger partial charge on any atom is 0.129 e. The number of rotatable bonds is 11. The highest BCUT2D eigenvalue weighted by Crippen LogP contribution is 2.16. The van der Waals surface area contributed by atoms with Crippen molar-refractivity contribution in [2.75, 3.05) is 13.1 Å². The van der Waals surface area contributed by atoms with Crippen LogP contribution in [0.15, 0.2) is 73.1 Å². The van der Waals surface area contributed by atoms with Gasteiger partial charge in [0.2, 0.25) is 0 Å². The molecule has 2 aromatic carbocycles. The number of ether oxygens (including phenoxy) is 1. The second-order valence-electron chi connectivity index (χ2n) is 6.98. The summed E-state index contributed by atoms with van der Waals surface area (Å²) in [5.41, 5.74) is 2.35. The summed E-state index contributed by atoms with van der Waals surface area (Å²) in [6.45, 7) is 4.16. The molecule has 3 rings (SSSR count). The molecule has 1 unspecified atom stereocenters. The predicted molar refractivity (Wildman–Crippen MR) is 115 cm³/mol. The van der Waals surface area contributed by atoms with Gasteiger partial charge in [-0.3, -0.25) is 4.90 Å². The van der Waals surface area contributed by atoms with Crippen molar-refractivity contribution in [3.8, 4) is 5.75 Å². The standard InChI is InChI=1S/C24H29N3O2/c1-2-27(18-15-23-25-16-6-17-26-23)24(28)14-11-20-9-12-22(13-10-20)29-19-21-7-4-3-5-8-21/h3-10,12-13,16-17,24,28H,2,11,14-15,18-19H2,1H3. The molecule has 0 saturated carbocycles. The molecule has 0 aliphatic carbocycles. The second kappa shape index (κ2) is 11.3. The van der Waals surface area contributed by atoms with Gasteiger partial charge in [-0.15, -0.1) is 0 Å². The van der Waals surface area contributed by atoms with E-state index in [-0.39, 0.29) is 0 Å². The molecule has 1 heterocycles. The highest BCUT2D eigenvalue weighted by molar-refractivity contribution is 5.28. The van der Waals surface area contributed by atoms with Crippen molar-refractivity contribution in [1.82, 2.24) is 14.9 Å². The summed E-state index contributed by atoms with van der Waals surface area (Å²) in [4.78, 5) is 10.6. The smallest absolute Gasteiger partial charge is 0.129 e. The van der Waals surface area contributed by atoms with Crippen molar-refractivity contribution in [1.29, 1.82) is 0 Å². The van der Waals surface area contributed by atoms with E-state index in [2.05, 4.69) is 46.1 Å². The largest absolute Gasteiger partial charge is 0.489 e. The number of hydrogen-bond donors (Lipinski definition) is 1. The average Bonchev–Trinajstić information content (AvgIpc) is 2.79. The Morgan fingerprint density at radius 3 is 2.31 bits per heavy atom. The van der Waals surface area contributed by atoms with Crippen LogP contribution in [-0.2, 0) is 19.4 Å². The van der Waals surface area contributed by atoms with Crippen LogP contribution >= 0.6 is 0 Å². The van der Waals surface area contributed by atoms with Crippen LogP contribution in [0.5, 0.6) is 5.75 Å². The minimum Gasteiger partial charge on any atom is -0.489 e. The third-order valence-electron chi connectivity index (χ3n) is 4.93. The average molecular weight is 392 g/mol. The summed E-state index contributed by atoms with van der Waals surface area (Å²) in [6, 6.07) is 20.1. The van der Waals surface area contributed by atoms with Gasteiger partial charge in [0.05, 0.1) is 0 Å².